The van der Waals surface area contributed by atoms with Crippen molar-refractivity contribution in [3.8, 4) is 0 Å². The molecule has 0 heterocycles. The molecule has 0 fully saturated rings. The number of amides is 1. The number of hydrogen-bond donors (Lipinski definition) is 2. The number of likely N-dealkylation sites (N-methyl/N-ethyl adjacent to an activating group) is 1. The summed E-state index contributed by atoms with van der Waals surface area (Å²) in [4.78, 5) is 14.3. The zero-order valence-electron chi connectivity index (χ0n) is 13.7. The number of benzene rings is 2. The largest absolute Gasteiger partial charge is 0.354 e. The van der Waals surface area contributed by atoms with Crippen molar-refractivity contribution in [1.29, 1.82) is 0 Å². The maximum atomic E-state index is 12.1. The smallest absolute Gasteiger partial charge is 0.234 e. The number of rotatable bonds is 9. The molecule has 0 aliphatic carbocycles. The lowest BCUT2D eigenvalue weighted by Crippen LogP contribution is -2.39. The van der Waals surface area contributed by atoms with Gasteiger partial charge in [-0.05, 0) is 18.2 Å². The van der Waals surface area contributed by atoms with Crippen LogP contribution in [0.25, 0.3) is 0 Å². The predicted molar refractivity (Wildman–Crippen MR) is 93.9 cm³/mol. The first kappa shape index (κ1) is 17.2. The van der Waals surface area contributed by atoms with Crippen LogP contribution in [-0.2, 0) is 17.9 Å². The Morgan fingerprint density at radius 2 is 1.39 bits per heavy atom. The lowest BCUT2D eigenvalue weighted by atomic mass is 10.1. The normalized spacial score (nSPS) is 10.7. The molecule has 0 aliphatic heterocycles. The van der Waals surface area contributed by atoms with Crippen molar-refractivity contribution in [2.24, 2.45) is 0 Å². The monoisotopic (exact) mass is 311 g/mol. The summed E-state index contributed by atoms with van der Waals surface area (Å²) in [6.45, 7) is 3.35. The second kappa shape index (κ2) is 9.77. The minimum Gasteiger partial charge on any atom is -0.354 e. The van der Waals surface area contributed by atoms with E-state index < -0.39 is 0 Å². The van der Waals surface area contributed by atoms with E-state index in [1.165, 1.54) is 11.1 Å². The van der Waals surface area contributed by atoms with Gasteiger partial charge in [0.1, 0.15) is 0 Å². The highest BCUT2D eigenvalue weighted by atomic mass is 16.2. The minimum atomic E-state index is 0.0621. The zero-order valence-corrected chi connectivity index (χ0v) is 13.7. The number of hydrogen-bond acceptors (Lipinski definition) is 3. The first-order valence-corrected chi connectivity index (χ1v) is 7.99. The van der Waals surface area contributed by atoms with Crippen molar-refractivity contribution in [3.63, 3.8) is 0 Å². The summed E-state index contributed by atoms with van der Waals surface area (Å²) in [5.41, 5.74) is 2.43. The Balaban J connectivity index is 1.97. The van der Waals surface area contributed by atoms with E-state index in [0.29, 0.717) is 13.1 Å². The van der Waals surface area contributed by atoms with Crippen LogP contribution in [0.2, 0.25) is 0 Å². The van der Waals surface area contributed by atoms with E-state index in [2.05, 4.69) is 39.8 Å². The first-order valence-electron chi connectivity index (χ1n) is 7.99. The van der Waals surface area contributed by atoms with Crippen LogP contribution in [0.3, 0.4) is 0 Å². The van der Waals surface area contributed by atoms with Crippen LogP contribution in [0, 0.1) is 0 Å². The average molecular weight is 311 g/mol. The standard InChI is InChI=1S/C19H25N3O/c1-20-12-13-21-19(23)16-22(14-17-8-4-2-5-9-17)15-18-10-6-3-7-11-18/h2-11,20H,12-16H2,1H3,(H,21,23). The molecule has 2 aromatic rings. The van der Waals surface area contributed by atoms with Crippen molar-refractivity contribution in [2.45, 2.75) is 13.1 Å². The van der Waals surface area contributed by atoms with Crippen molar-refractivity contribution in [3.05, 3.63) is 71.8 Å². The number of carbonyl (C=O) groups is 1. The van der Waals surface area contributed by atoms with E-state index in [4.69, 9.17) is 0 Å². The highest BCUT2D eigenvalue weighted by Gasteiger charge is 2.11. The summed E-state index contributed by atoms with van der Waals surface area (Å²) >= 11 is 0. The van der Waals surface area contributed by atoms with Gasteiger partial charge in [0.25, 0.3) is 0 Å². The third-order valence-corrected chi connectivity index (χ3v) is 3.56. The van der Waals surface area contributed by atoms with Crippen LogP contribution >= 0.6 is 0 Å². The summed E-state index contributed by atoms with van der Waals surface area (Å²) in [7, 11) is 1.88. The van der Waals surface area contributed by atoms with Gasteiger partial charge in [0.15, 0.2) is 0 Å². The minimum absolute atomic E-state index is 0.0621. The van der Waals surface area contributed by atoms with Gasteiger partial charge in [0.2, 0.25) is 5.91 Å². The highest BCUT2D eigenvalue weighted by molar-refractivity contribution is 5.78. The second-order valence-electron chi connectivity index (χ2n) is 5.57. The zero-order chi connectivity index (χ0) is 16.3. The van der Waals surface area contributed by atoms with E-state index in [0.717, 1.165) is 19.6 Å². The maximum Gasteiger partial charge on any atom is 0.234 e. The molecule has 23 heavy (non-hydrogen) atoms. The summed E-state index contributed by atoms with van der Waals surface area (Å²) < 4.78 is 0. The lowest BCUT2D eigenvalue weighted by Gasteiger charge is -2.22. The summed E-state index contributed by atoms with van der Waals surface area (Å²) in [6.07, 6.45) is 0. The highest BCUT2D eigenvalue weighted by Crippen LogP contribution is 2.09. The molecule has 0 saturated heterocycles. The third-order valence-electron chi connectivity index (χ3n) is 3.56. The van der Waals surface area contributed by atoms with Crippen LogP contribution in [0.5, 0.6) is 0 Å². The Bertz CT molecular complexity index is 530. The molecule has 0 bridgehead atoms. The first-order chi connectivity index (χ1) is 11.3. The van der Waals surface area contributed by atoms with E-state index in [1.807, 2.05) is 43.4 Å². The van der Waals surface area contributed by atoms with E-state index >= 15 is 0 Å². The Labute approximate surface area is 138 Å². The Kier molecular flexibility index (Phi) is 7.30. The van der Waals surface area contributed by atoms with Gasteiger partial charge in [0, 0.05) is 26.2 Å². The fourth-order valence-electron chi connectivity index (χ4n) is 2.44. The molecule has 0 aromatic heterocycles. The molecule has 122 valence electrons. The molecule has 2 rings (SSSR count). The molecule has 0 unspecified atom stereocenters. The molecule has 0 atom stereocenters. The second-order valence-corrected chi connectivity index (χ2v) is 5.57. The third kappa shape index (κ3) is 6.63. The van der Waals surface area contributed by atoms with Crippen LogP contribution < -0.4 is 10.6 Å². The van der Waals surface area contributed by atoms with Crippen LogP contribution in [-0.4, -0.2) is 37.5 Å². The Morgan fingerprint density at radius 1 is 0.870 bits per heavy atom. The molecule has 0 radical (unpaired) electrons. The Morgan fingerprint density at radius 3 is 1.87 bits per heavy atom. The summed E-state index contributed by atoms with van der Waals surface area (Å²) in [5, 5.41) is 5.97. The van der Waals surface area contributed by atoms with Gasteiger partial charge >= 0.3 is 0 Å². The van der Waals surface area contributed by atoms with Gasteiger partial charge < -0.3 is 10.6 Å². The van der Waals surface area contributed by atoms with Crippen LogP contribution in [0.15, 0.2) is 60.7 Å². The van der Waals surface area contributed by atoms with Gasteiger partial charge in [0.05, 0.1) is 6.54 Å². The van der Waals surface area contributed by atoms with Crippen molar-refractivity contribution >= 4 is 5.91 Å². The Hall–Kier alpha value is -2.17. The van der Waals surface area contributed by atoms with Crippen LogP contribution in [0.4, 0.5) is 0 Å². The topological polar surface area (TPSA) is 44.4 Å². The molecular weight excluding hydrogens is 286 g/mol. The molecule has 0 saturated carbocycles. The van der Waals surface area contributed by atoms with Crippen molar-refractivity contribution < 1.29 is 4.79 Å². The van der Waals surface area contributed by atoms with Crippen molar-refractivity contribution in [2.75, 3.05) is 26.7 Å². The molecule has 0 aliphatic rings. The fraction of sp³-hybridized carbons (Fsp3) is 0.316. The predicted octanol–water partition coefficient (Wildman–Crippen LogP) is 2.02. The molecule has 2 aromatic carbocycles. The van der Waals surface area contributed by atoms with Crippen LogP contribution in [0.1, 0.15) is 11.1 Å². The molecule has 0 spiro atoms. The molecule has 4 nitrogen and oxygen atoms in total. The summed E-state index contributed by atoms with van der Waals surface area (Å²) in [5.74, 6) is 0.0621. The van der Waals surface area contributed by atoms with Gasteiger partial charge in [-0.25, -0.2) is 0 Å². The maximum absolute atomic E-state index is 12.1. The van der Waals surface area contributed by atoms with Gasteiger partial charge in [-0.2, -0.15) is 0 Å². The van der Waals surface area contributed by atoms with Gasteiger partial charge in [-0.15, -0.1) is 0 Å². The summed E-state index contributed by atoms with van der Waals surface area (Å²) in [6, 6.07) is 20.5. The fourth-order valence-corrected chi connectivity index (χ4v) is 2.44. The molecule has 1 amide bonds. The molecule has 2 N–H and O–H groups in total. The molecular formula is C19H25N3O. The SMILES string of the molecule is CNCCNC(=O)CN(Cc1ccccc1)Cc1ccccc1. The van der Waals surface area contributed by atoms with E-state index in [-0.39, 0.29) is 5.91 Å². The number of nitrogens with zero attached hydrogens (tertiary/aromatic N) is 1. The quantitative estimate of drug-likeness (QED) is 0.697. The molecule has 4 heteroatoms. The van der Waals surface area contributed by atoms with Gasteiger partial charge in [-0.3, -0.25) is 9.69 Å². The number of carbonyl (C=O) groups excluding carboxylic acids is 1. The van der Waals surface area contributed by atoms with E-state index in [9.17, 15) is 4.79 Å². The van der Waals surface area contributed by atoms with Crippen molar-refractivity contribution in [1.82, 2.24) is 15.5 Å². The average Bonchev–Trinajstić information content (AvgIpc) is 2.57. The van der Waals surface area contributed by atoms with E-state index in [1.54, 1.807) is 0 Å². The van der Waals surface area contributed by atoms with Gasteiger partial charge in [-0.1, -0.05) is 60.7 Å². The number of nitrogens with one attached hydrogen (secondary N) is 2. The lowest BCUT2D eigenvalue weighted by molar-refractivity contribution is -0.122.